The van der Waals surface area contributed by atoms with Crippen LogP contribution in [-0.2, 0) is 14.3 Å². The first kappa shape index (κ1) is 13.9. The molecule has 0 spiro atoms. The number of hydrogen-bond acceptors (Lipinski definition) is 3. The molecule has 3 aliphatic rings. The van der Waals surface area contributed by atoms with E-state index in [1.54, 1.807) is 4.90 Å². The molecule has 0 aromatic carbocycles. The summed E-state index contributed by atoms with van der Waals surface area (Å²) in [4.78, 5) is 25.9. The standard InChI is InChI=1S/C15H23NO4/c17-14(13-6-3-9-20-13)16-11-5-2-1-4-10(11)7-8-12(16)15(18)19/h10-13H,1-9H2,(H,18,19)/t10?,11?,12?,13-/m1/s1. The Bertz CT molecular complexity index is 391. The van der Waals surface area contributed by atoms with E-state index in [4.69, 9.17) is 4.74 Å². The minimum absolute atomic E-state index is 0.0773. The molecule has 0 radical (unpaired) electrons. The van der Waals surface area contributed by atoms with Gasteiger partial charge < -0.3 is 14.7 Å². The monoisotopic (exact) mass is 281 g/mol. The normalized spacial score (nSPS) is 37.5. The molecule has 1 aliphatic carbocycles. The Hall–Kier alpha value is -1.10. The fraction of sp³-hybridized carbons (Fsp3) is 0.867. The number of nitrogens with zero attached hydrogens (tertiary/aromatic N) is 1. The first-order chi connectivity index (χ1) is 9.68. The Morgan fingerprint density at radius 2 is 1.80 bits per heavy atom. The number of ether oxygens (including phenoxy) is 1. The van der Waals surface area contributed by atoms with Gasteiger partial charge in [0.05, 0.1) is 0 Å². The molecule has 3 unspecified atom stereocenters. The number of amides is 1. The zero-order valence-corrected chi connectivity index (χ0v) is 11.8. The lowest BCUT2D eigenvalue weighted by Gasteiger charge is -2.47. The zero-order valence-electron chi connectivity index (χ0n) is 11.8. The predicted molar refractivity (Wildman–Crippen MR) is 72.2 cm³/mol. The summed E-state index contributed by atoms with van der Waals surface area (Å²) in [6.45, 7) is 0.621. The van der Waals surface area contributed by atoms with E-state index in [2.05, 4.69) is 0 Å². The van der Waals surface area contributed by atoms with Gasteiger partial charge in [-0.3, -0.25) is 4.79 Å². The third-order valence-corrected chi connectivity index (χ3v) is 5.12. The van der Waals surface area contributed by atoms with E-state index in [1.807, 2.05) is 0 Å². The van der Waals surface area contributed by atoms with Gasteiger partial charge in [0.15, 0.2) is 0 Å². The minimum Gasteiger partial charge on any atom is -0.480 e. The van der Waals surface area contributed by atoms with Gasteiger partial charge in [0.2, 0.25) is 0 Å². The van der Waals surface area contributed by atoms with E-state index in [9.17, 15) is 14.7 Å². The van der Waals surface area contributed by atoms with Gasteiger partial charge in [-0.15, -0.1) is 0 Å². The Morgan fingerprint density at radius 3 is 2.50 bits per heavy atom. The summed E-state index contributed by atoms with van der Waals surface area (Å²) in [5, 5.41) is 9.46. The first-order valence-electron chi connectivity index (χ1n) is 7.85. The second kappa shape index (κ2) is 5.72. The second-order valence-corrected chi connectivity index (χ2v) is 6.29. The van der Waals surface area contributed by atoms with Crippen molar-refractivity contribution in [3.63, 3.8) is 0 Å². The summed E-state index contributed by atoms with van der Waals surface area (Å²) in [5.41, 5.74) is 0. The molecule has 3 rings (SSSR count). The summed E-state index contributed by atoms with van der Waals surface area (Å²) in [6, 6.07) is -0.527. The van der Waals surface area contributed by atoms with Crippen molar-refractivity contribution in [1.82, 2.24) is 4.90 Å². The Balaban J connectivity index is 1.83. The van der Waals surface area contributed by atoms with Gasteiger partial charge in [-0.25, -0.2) is 4.79 Å². The number of carbonyl (C=O) groups is 2. The molecule has 3 fully saturated rings. The number of likely N-dealkylation sites (tertiary alicyclic amines) is 1. The highest BCUT2D eigenvalue weighted by atomic mass is 16.5. The van der Waals surface area contributed by atoms with Gasteiger partial charge in [-0.2, -0.15) is 0 Å². The van der Waals surface area contributed by atoms with Crippen LogP contribution < -0.4 is 0 Å². The number of carboxylic acids is 1. The predicted octanol–water partition coefficient (Wildman–Crippen LogP) is 1.80. The fourth-order valence-corrected chi connectivity index (χ4v) is 4.13. The van der Waals surface area contributed by atoms with Crippen LogP contribution in [0, 0.1) is 5.92 Å². The maximum atomic E-state index is 12.7. The van der Waals surface area contributed by atoms with Crippen LogP contribution >= 0.6 is 0 Å². The van der Waals surface area contributed by atoms with Gasteiger partial charge in [0.1, 0.15) is 12.1 Å². The summed E-state index contributed by atoms with van der Waals surface area (Å²) < 4.78 is 5.49. The molecule has 20 heavy (non-hydrogen) atoms. The minimum atomic E-state index is -0.861. The number of carbonyl (C=O) groups excluding carboxylic acids is 1. The molecule has 112 valence electrons. The van der Waals surface area contributed by atoms with Crippen molar-refractivity contribution in [2.45, 2.75) is 69.6 Å². The molecule has 2 saturated heterocycles. The van der Waals surface area contributed by atoms with Crippen molar-refractivity contribution >= 4 is 11.9 Å². The lowest BCUT2D eigenvalue weighted by Crippen LogP contribution is -2.59. The molecule has 2 heterocycles. The number of aliphatic carboxylic acids is 1. The summed E-state index contributed by atoms with van der Waals surface area (Å²) in [7, 11) is 0. The highest BCUT2D eigenvalue weighted by molar-refractivity contribution is 5.87. The van der Waals surface area contributed by atoms with Crippen molar-refractivity contribution in [1.29, 1.82) is 0 Å². The molecule has 1 N–H and O–H groups in total. The molecule has 5 heteroatoms. The van der Waals surface area contributed by atoms with Crippen molar-refractivity contribution in [2.24, 2.45) is 5.92 Å². The van der Waals surface area contributed by atoms with Crippen molar-refractivity contribution in [2.75, 3.05) is 6.61 Å². The maximum Gasteiger partial charge on any atom is 0.326 e. The molecule has 2 aliphatic heterocycles. The van der Waals surface area contributed by atoms with E-state index in [0.29, 0.717) is 18.9 Å². The highest BCUT2D eigenvalue weighted by Gasteiger charge is 2.45. The van der Waals surface area contributed by atoms with Crippen LogP contribution in [0.3, 0.4) is 0 Å². The molecular formula is C15H23NO4. The van der Waals surface area contributed by atoms with Crippen molar-refractivity contribution in [3.8, 4) is 0 Å². The molecular weight excluding hydrogens is 258 g/mol. The molecule has 1 amide bonds. The van der Waals surface area contributed by atoms with Gasteiger partial charge in [0, 0.05) is 12.6 Å². The van der Waals surface area contributed by atoms with Gasteiger partial charge in [-0.05, 0) is 44.4 Å². The van der Waals surface area contributed by atoms with Gasteiger partial charge in [-0.1, -0.05) is 12.8 Å². The summed E-state index contributed by atoms with van der Waals surface area (Å²) in [6.07, 6.45) is 7.15. The van der Waals surface area contributed by atoms with Gasteiger partial charge in [0.25, 0.3) is 5.91 Å². The maximum absolute atomic E-state index is 12.7. The van der Waals surface area contributed by atoms with Gasteiger partial charge >= 0.3 is 5.97 Å². The van der Waals surface area contributed by atoms with E-state index in [1.165, 1.54) is 6.42 Å². The molecule has 0 aromatic rings. The first-order valence-corrected chi connectivity index (χ1v) is 7.85. The van der Waals surface area contributed by atoms with E-state index < -0.39 is 18.1 Å². The zero-order chi connectivity index (χ0) is 14.1. The Morgan fingerprint density at radius 1 is 1.00 bits per heavy atom. The fourth-order valence-electron chi connectivity index (χ4n) is 4.13. The SMILES string of the molecule is O=C(O)C1CCC2CCCCC2N1C(=O)[C@H]1CCCO1. The molecule has 4 atom stereocenters. The van der Waals surface area contributed by atoms with Crippen LogP contribution in [0.4, 0.5) is 0 Å². The van der Waals surface area contributed by atoms with E-state index in [0.717, 1.165) is 38.5 Å². The van der Waals surface area contributed by atoms with E-state index in [-0.39, 0.29) is 11.9 Å². The van der Waals surface area contributed by atoms with E-state index >= 15 is 0 Å². The second-order valence-electron chi connectivity index (χ2n) is 6.29. The topological polar surface area (TPSA) is 66.8 Å². The lowest BCUT2D eigenvalue weighted by molar-refractivity contribution is -0.163. The molecule has 5 nitrogen and oxygen atoms in total. The highest BCUT2D eigenvalue weighted by Crippen LogP contribution is 2.38. The summed E-state index contributed by atoms with van der Waals surface area (Å²) in [5.74, 6) is -0.448. The number of fused-ring (bicyclic) bond motifs is 1. The lowest BCUT2D eigenvalue weighted by atomic mass is 9.76. The van der Waals surface area contributed by atoms with Crippen LogP contribution in [0.5, 0.6) is 0 Å². The smallest absolute Gasteiger partial charge is 0.326 e. The van der Waals surface area contributed by atoms with Crippen LogP contribution in [-0.4, -0.2) is 46.7 Å². The third kappa shape index (κ3) is 2.43. The third-order valence-electron chi connectivity index (χ3n) is 5.12. The average molecular weight is 281 g/mol. The number of rotatable bonds is 2. The largest absolute Gasteiger partial charge is 0.480 e. The van der Waals surface area contributed by atoms with Crippen molar-refractivity contribution in [3.05, 3.63) is 0 Å². The number of hydrogen-bond donors (Lipinski definition) is 1. The molecule has 0 aromatic heterocycles. The van der Waals surface area contributed by atoms with Crippen LogP contribution in [0.2, 0.25) is 0 Å². The number of carboxylic acid groups (broad SMARTS) is 1. The summed E-state index contributed by atoms with van der Waals surface area (Å²) >= 11 is 0. The average Bonchev–Trinajstić information content (AvgIpc) is 2.99. The quantitative estimate of drug-likeness (QED) is 0.838. The van der Waals surface area contributed by atoms with Crippen LogP contribution in [0.15, 0.2) is 0 Å². The van der Waals surface area contributed by atoms with Crippen molar-refractivity contribution < 1.29 is 19.4 Å². The molecule has 0 bridgehead atoms. The van der Waals surface area contributed by atoms with Crippen LogP contribution in [0.25, 0.3) is 0 Å². The Kier molecular flexibility index (Phi) is 3.96. The number of piperidine rings is 1. The Labute approximate surface area is 119 Å². The molecule has 1 saturated carbocycles. The van der Waals surface area contributed by atoms with Crippen LogP contribution in [0.1, 0.15) is 51.4 Å².